The summed E-state index contributed by atoms with van der Waals surface area (Å²) in [5.41, 5.74) is 1.90. The van der Waals surface area contributed by atoms with Gasteiger partial charge in [-0.05, 0) is 19.9 Å². The SMILES string of the molecule is Cc1n[nH]c(C)c1[C@@H](NC(=O)c1coc(CN2CCOCC2)c1)C(=O)O. The third kappa shape index (κ3) is 3.94. The highest BCUT2D eigenvalue weighted by Crippen LogP contribution is 2.21. The first-order valence-corrected chi connectivity index (χ1v) is 8.38. The van der Waals surface area contributed by atoms with Crippen molar-refractivity contribution in [2.24, 2.45) is 0 Å². The lowest BCUT2D eigenvalue weighted by Crippen LogP contribution is -2.35. The summed E-state index contributed by atoms with van der Waals surface area (Å²) >= 11 is 0. The number of hydrogen-bond donors (Lipinski definition) is 3. The molecule has 3 heterocycles. The molecule has 9 nitrogen and oxygen atoms in total. The van der Waals surface area contributed by atoms with E-state index in [4.69, 9.17) is 9.15 Å². The van der Waals surface area contributed by atoms with Crippen molar-refractivity contribution in [3.05, 3.63) is 40.6 Å². The van der Waals surface area contributed by atoms with Gasteiger partial charge < -0.3 is 19.6 Å². The van der Waals surface area contributed by atoms with E-state index in [9.17, 15) is 14.7 Å². The Kier molecular flexibility index (Phi) is 5.38. The fraction of sp³-hybridized carbons (Fsp3) is 0.471. The number of aromatic nitrogens is 2. The molecular formula is C17H22N4O5. The molecule has 0 aliphatic carbocycles. The van der Waals surface area contributed by atoms with E-state index in [0.29, 0.717) is 48.0 Å². The molecular weight excluding hydrogens is 340 g/mol. The van der Waals surface area contributed by atoms with Crippen molar-refractivity contribution < 1.29 is 23.8 Å². The number of carboxylic acid groups (broad SMARTS) is 1. The standard InChI is InChI=1S/C17H22N4O5/c1-10-14(11(2)20-19-10)15(17(23)24)18-16(22)12-7-13(26-9-12)8-21-3-5-25-6-4-21/h7,9,15H,3-6,8H2,1-2H3,(H,18,22)(H,19,20)(H,23,24)/t15-/m1/s1. The van der Waals surface area contributed by atoms with Gasteiger partial charge in [0.1, 0.15) is 12.0 Å². The van der Waals surface area contributed by atoms with E-state index in [1.54, 1.807) is 19.9 Å². The van der Waals surface area contributed by atoms with E-state index in [1.807, 2.05) is 0 Å². The summed E-state index contributed by atoms with van der Waals surface area (Å²) in [6.07, 6.45) is 1.35. The number of aryl methyl sites for hydroxylation is 2. The van der Waals surface area contributed by atoms with Crippen LogP contribution in [-0.4, -0.2) is 58.4 Å². The Morgan fingerprint density at radius 3 is 2.73 bits per heavy atom. The molecule has 26 heavy (non-hydrogen) atoms. The van der Waals surface area contributed by atoms with Crippen LogP contribution >= 0.6 is 0 Å². The minimum Gasteiger partial charge on any atom is -0.479 e. The molecule has 0 saturated carbocycles. The highest BCUT2D eigenvalue weighted by atomic mass is 16.5. The third-order valence-corrected chi connectivity index (χ3v) is 4.40. The lowest BCUT2D eigenvalue weighted by atomic mass is 10.0. The summed E-state index contributed by atoms with van der Waals surface area (Å²) in [5.74, 6) is -1.00. The minimum absolute atomic E-state index is 0.290. The molecule has 3 rings (SSSR count). The normalized spacial score (nSPS) is 16.4. The van der Waals surface area contributed by atoms with Gasteiger partial charge in [0.05, 0.1) is 31.0 Å². The molecule has 0 unspecified atom stereocenters. The number of hydrogen-bond acceptors (Lipinski definition) is 6. The summed E-state index contributed by atoms with van der Waals surface area (Å²) in [4.78, 5) is 26.3. The van der Waals surface area contributed by atoms with Crippen LogP contribution in [0.2, 0.25) is 0 Å². The average molecular weight is 362 g/mol. The summed E-state index contributed by atoms with van der Waals surface area (Å²) in [5, 5.41) is 18.8. The summed E-state index contributed by atoms with van der Waals surface area (Å²) in [7, 11) is 0. The van der Waals surface area contributed by atoms with Crippen molar-refractivity contribution in [2.75, 3.05) is 26.3 Å². The lowest BCUT2D eigenvalue weighted by molar-refractivity contribution is -0.139. The zero-order valence-electron chi connectivity index (χ0n) is 14.7. The van der Waals surface area contributed by atoms with Crippen LogP contribution in [0.15, 0.2) is 16.7 Å². The van der Waals surface area contributed by atoms with E-state index in [2.05, 4.69) is 20.4 Å². The quantitative estimate of drug-likeness (QED) is 0.701. The Morgan fingerprint density at radius 2 is 2.12 bits per heavy atom. The molecule has 9 heteroatoms. The second-order valence-electron chi connectivity index (χ2n) is 6.28. The fourth-order valence-corrected chi connectivity index (χ4v) is 3.02. The lowest BCUT2D eigenvalue weighted by Gasteiger charge is -2.25. The number of ether oxygens (including phenoxy) is 1. The van der Waals surface area contributed by atoms with Crippen LogP contribution in [0.25, 0.3) is 0 Å². The number of aromatic amines is 1. The van der Waals surface area contributed by atoms with Crippen LogP contribution in [0, 0.1) is 13.8 Å². The second kappa shape index (κ2) is 7.71. The first kappa shape index (κ1) is 18.2. The van der Waals surface area contributed by atoms with Crippen molar-refractivity contribution in [2.45, 2.75) is 26.4 Å². The topological polar surface area (TPSA) is 121 Å². The van der Waals surface area contributed by atoms with Gasteiger partial charge in [0.15, 0.2) is 6.04 Å². The van der Waals surface area contributed by atoms with Crippen LogP contribution in [0.3, 0.4) is 0 Å². The number of aliphatic carboxylic acids is 1. The predicted molar refractivity (Wildman–Crippen MR) is 90.7 cm³/mol. The number of nitrogens with one attached hydrogen (secondary N) is 2. The Bertz CT molecular complexity index is 771. The largest absolute Gasteiger partial charge is 0.479 e. The van der Waals surface area contributed by atoms with Crippen molar-refractivity contribution in [3.63, 3.8) is 0 Å². The Hall–Kier alpha value is -2.65. The highest BCUT2D eigenvalue weighted by molar-refractivity contribution is 5.96. The number of carbonyl (C=O) groups is 2. The van der Waals surface area contributed by atoms with Gasteiger partial charge >= 0.3 is 5.97 Å². The molecule has 1 aliphatic rings. The molecule has 1 aliphatic heterocycles. The van der Waals surface area contributed by atoms with Gasteiger partial charge in [-0.15, -0.1) is 0 Å². The van der Waals surface area contributed by atoms with E-state index < -0.39 is 17.9 Å². The first-order valence-electron chi connectivity index (χ1n) is 8.38. The molecule has 2 aromatic rings. The van der Waals surface area contributed by atoms with Gasteiger partial charge in [0, 0.05) is 24.3 Å². The van der Waals surface area contributed by atoms with Crippen LogP contribution < -0.4 is 5.32 Å². The Labute approximate surface area is 150 Å². The predicted octanol–water partition coefficient (Wildman–Crippen LogP) is 1.01. The van der Waals surface area contributed by atoms with E-state index in [0.717, 1.165) is 13.1 Å². The van der Waals surface area contributed by atoms with Crippen LogP contribution in [0.4, 0.5) is 0 Å². The average Bonchev–Trinajstić information content (AvgIpc) is 3.20. The van der Waals surface area contributed by atoms with Crippen LogP contribution in [0.1, 0.15) is 39.1 Å². The number of amides is 1. The molecule has 0 radical (unpaired) electrons. The van der Waals surface area contributed by atoms with Gasteiger partial charge in [-0.1, -0.05) is 0 Å². The van der Waals surface area contributed by atoms with Crippen LogP contribution in [0.5, 0.6) is 0 Å². The maximum absolute atomic E-state index is 12.5. The van der Waals surface area contributed by atoms with E-state index in [1.165, 1.54) is 6.26 Å². The van der Waals surface area contributed by atoms with Crippen molar-refractivity contribution in [1.29, 1.82) is 0 Å². The molecule has 1 saturated heterocycles. The monoisotopic (exact) mass is 362 g/mol. The van der Waals surface area contributed by atoms with Gasteiger partial charge in [0.25, 0.3) is 5.91 Å². The van der Waals surface area contributed by atoms with Crippen molar-refractivity contribution in [3.8, 4) is 0 Å². The number of carboxylic acids is 1. The molecule has 140 valence electrons. The zero-order valence-corrected chi connectivity index (χ0v) is 14.7. The van der Waals surface area contributed by atoms with E-state index in [-0.39, 0.29) is 0 Å². The first-order chi connectivity index (χ1) is 12.5. The molecule has 2 aromatic heterocycles. The summed E-state index contributed by atoms with van der Waals surface area (Å²) in [6, 6.07) is 0.456. The summed E-state index contributed by atoms with van der Waals surface area (Å²) < 4.78 is 10.8. The minimum atomic E-state index is -1.18. The number of nitrogens with zero attached hydrogens (tertiary/aromatic N) is 2. The molecule has 1 atom stereocenters. The maximum atomic E-state index is 12.5. The second-order valence-corrected chi connectivity index (χ2v) is 6.28. The van der Waals surface area contributed by atoms with Gasteiger partial charge in [-0.25, -0.2) is 4.79 Å². The van der Waals surface area contributed by atoms with Crippen LogP contribution in [-0.2, 0) is 16.1 Å². The Morgan fingerprint density at radius 1 is 1.38 bits per heavy atom. The van der Waals surface area contributed by atoms with Gasteiger partial charge in [-0.2, -0.15) is 5.10 Å². The van der Waals surface area contributed by atoms with Crippen molar-refractivity contribution in [1.82, 2.24) is 20.4 Å². The number of H-pyrrole nitrogens is 1. The molecule has 1 fully saturated rings. The molecule has 3 N–H and O–H groups in total. The Balaban J connectivity index is 1.69. The number of carbonyl (C=O) groups excluding carboxylic acids is 1. The molecule has 0 aromatic carbocycles. The zero-order chi connectivity index (χ0) is 18.7. The maximum Gasteiger partial charge on any atom is 0.331 e. The molecule has 0 bridgehead atoms. The molecule has 0 spiro atoms. The van der Waals surface area contributed by atoms with E-state index >= 15 is 0 Å². The van der Waals surface area contributed by atoms with Crippen molar-refractivity contribution >= 4 is 11.9 Å². The summed E-state index contributed by atoms with van der Waals surface area (Å²) in [6.45, 7) is 6.97. The number of morpholine rings is 1. The third-order valence-electron chi connectivity index (χ3n) is 4.40. The highest BCUT2D eigenvalue weighted by Gasteiger charge is 2.28. The van der Waals surface area contributed by atoms with Gasteiger partial charge in [0.2, 0.25) is 0 Å². The fourth-order valence-electron chi connectivity index (χ4n) is 3.02. The molecule has 1 amide bonds. The number of rotatable bonds is 6. The smallest absolute Gasteiger partial charge is 0.331 e. The van der Waals surface area contributed by atoms with Gasteiger partial charge in [-0.3, -0.25) is 14.8 Å². The number of furan rings is 1.